The van der Waals surface area contributed by atoms with Gasteiger partial charge in [0.25, 0.3) is 11.7 Å². The molecule has 2 heterocycles. The van der Waals surface area contributed by atoms with Gasteiger partial charge in [0, 0.05) is 16.4 Å². The van der Waals surface area contributed by atoms with Gasteiger partial charge in [0.15, 0.2) is 0 Å². The van der Waals surface area contributed by atoms with E-state index in [0.29, 0.717) is 17.2 Å². The van der Waals surface area contributed by atoms with E-state index < -0.39 is 17.7 Å². The summed E-state index contributed by atoms with van der Waals surface area (Å²) in [7, 11) is 1.44. The van der Waals surface area contributed by atoms with Crippen LogP contribution in [0, 0.1) is 5.82 Å². The Hall–Kier alpha value is -3.16. The molecule has 5 nitrogen and oxygen atoms in total. The molecule has 4 rings (SSSR count). The van der Waals surface area contributed by atoms with Crippen molar-refractivity contribution in [2.45, 2.75) is 12.5 Å². The first-order valence-electron chi connectivity index (χ1n) is 9.81. The minimum atomic E-state index is -0.776. The third-order valence-corrected chi connectivity index (χ3v) is 6.48. The van der Waals surface area contributed by atoms with Crippen LogP contribution in [0.25, 0.3) is 5.76 Å². The van der Waals surface area contributed by atoms with Crippen LogP contribution in [0.4, 0.5) is 4.39 Å². The first-order valence-corrected chi connectivity index (χ1v) is 11.1. The van der Waals surface area contributed by atoms with E-state index in [9.17, 15) is 19.1 Å². The van der Waals surface area contributed by atoms with Crippen molar-refractivity contribution in [1.29, 1.82) is 0 Å². The molecule has 1 saturated heterocycles. The molecule has 164 valence electrons. The van der Waals surface area contributed by atoms with E-state index in [4.69, 9.17) is 16.3 Å². The summed E-state index contributed by atoms with van der Waals surface area (Å²) in [5, 5.41) is 13.3. The van der Waals surface area contributed by atoms with Gasteiger partial charge in [-0.25, -0.2) is 4.39 Å². The van der Waals surface area contributed by atoms with Crippen molar-refractivity contribution in [3.63, 3.8) is 0 Å². The number of aliphatic hydroxyl groups excluding tert-OH is 1. The molecule has 2 aromatic carbocycles. The van der Waals surface area contributed by atoms with Crippen molar-refractivity contribution in [2.24, 2.45) is 0 Å². The average Bonchev–Trinajstić information content (AvgIpc) is 3.40. The molecule has 8 heteroatoms. The Morgan fingerprint density at radius 1 is 1.19 bits per heavy atom. The van der Waals surface area contributed by atoms with E-state index in [1.54, 1.807) is 24.3 Å². The van der Waals surface area contributed by atoms with Crippen LogP contribution in [-0.2, 0) is 16.0 Å². The van der Waals surface area contributed by atoms with Crippen LogP contribution in [-0.4, -0.2) is 35.4 Å². The Balaban J connectivity index is 1.77. The lowest BCUT2D eigenvalue weighted by Crippen LogP contribution is -2.31. The standard InChI is InChI=1S/C24H19ClFNO4S/c1-31-18-9-6-15(25)13-17(18)22(28)20-21(19-3-2-12-32-19)27(24(30)23(20)29)11-10-14-4-7-16(26)8-5-14/h2-9,12-13,21,28H,10-11H2,1H3/b22-20-. The van der Waals surface area contributed by atoms with Crippen molar-refractivity contribution in [3.8, 4) is 5.75 Å². The van der Waals surface area contributed by atoms with Crippen LogP contribution in [0.2, 0.25) is 5.02 Å². The van der Waals surface area contributed by atoms with E-state index in [1.165, 1.54) is 41.5 Å². The molecule has 0 saturated carbocycles. The number of thiophene rings is 1. The number of likely N-dealkylation sites (tertiary alicyclic amines) is 1. The van der Waals surface area contributed by atoms with Gasteiger partial charge in [-0.1, -0.05) is 29.8 Å². The fraction of sp³-hybridized carbons (Fsp3) is 0.167. The van der Waals surface area contributed by atoms with Crippen LogP contribution in [0.3, 0.4) is 0 Å². The summed E-state index contributed by atoms with van der Waals surface area (Å²) in [5.74, 6) is -1.84. The van der Waals surface area contributed by atoms with Gasteiger partial charge in [0.1, 0.15) is 17.3 Å². The van der Waals surface area contributed by atoms with Crippen LogP contribution in [0.1, 0.15) is 22.0 Å². The number of carbonyl (C=O) groups is 2. The number of amides is 1. The Morgan fingerprint density at radius 2 is 1.94 bits per heavy atom. The third kappa shape index (κ3) is 4.13. The van der Waals surface area contributed by atoms with E-state index in [2.05, 4.69) is 0 Å². The van der Waals surface area contributed by atoms with Gasteiger partial charge < -0.3 is 14.7 Å². The molecule has 0 radical (unpaired) electrons. The molecule has 1 aromatic heterocycles. The Bertz CT molecular complexity index is 1190. The van der Waals surface area contributed by atoms with Crippen molar-refractivity contribution < 1.29 is 23.8 Å². The molecule has 0 aliphatic carbocycles. The monoisotopic (exact) mass is 471 g/mol. The lowest BCUT2D eigenvalue weighted by atomic mass is 9.99. The zero-order valence-corrected chi connectivity index (χ0v) is 18.6. The Kier molecular flexibility index (Phi) is 6.30. The lowest BCUT2D eigenvalue weighted by molar-refractivity contribution is -0.139. The number of ether oxygens (including phenoxy) is 1. The topological polar surface area (TPSA) is 66.8 Å². The number of Topliss-reactive ketones (excluding diaryl/α,β-unsaturated/α-hetero) is 1. The predicted molar refractivity (Wildman–Crippen MR) is 121 cm³/mol. The van der Waals surface area contributed by atoms with Gasteiger partial charge in [-0.05, 0) is 53.8 Å². The molecule has 0 spiro atoms. The van der Waals surface area contributed by atoms with Crippen LogP contribution in [0.5, 0.6) is 5.75 Å². The zero-order valence-electron chi connectivity index (χ0n) is 17.0. The van der Waals surface area contributed by atoms with Gasteiger partial charge in [-0.2, -0.15) is 0 Å². The second-order valence-corrected chi connectivity index (χ2v) is 8.64. The number of benzene rings is 2. The number of methoxy groups -OCH3 is 1. The van der Waals surface area contributed by atoms with E-state index >= 15 is 0 Å². The fourth-order valence-corrected chi connectivity index (χ4v) is 4.78. The Morgan fingerprint density at radius 3 is 2.59 bits per heavy atom. The third-order valence-electron chi connectivity index (χ3n) is 5.32. The maximum absolute atomic E-state index is 13.2. The number of rotatable bonds is 6. The zero-order chi connectivity index (χ0) is 22.8. The number of hydrogen-bond acceptors (Lipinski definition) is 5. The molecule has 32 heavy (non-hydrogen) atoms. The van der Waals surface area contributed by atoms with Crippen molar-refractivity contribution in [3.05, 3.63) is 92.4 Å². The van der Waals surface area contributed by atoms with Gasteiger partial charge in [0.05, 0.1) is 24.3 Å². The summed E-state index contributed by atoms with van der Waals surface area (Å²) >= 11 is 7.49. The smallest absolute Gasteiger partial charge is 0.295 e. The largest absolute Gasteiger partial charge is 0.507 e. The van der Waals surface area contributed by atoms with Gasteiger partial charge >= 0.3 is 0 Å². The highest BCUT2D eigenvalue weighted by Gasteiger charge is 2.46. The summed E-state index contributed by atoms with van der Waals surface area (Å²) in [6.07, 6.45) is 0.426. The maximum atomic E-state index is 13.2. The lowest BCUT2D eigenvalue weighted by Gasteiger charge is -2.24. The second kappa shape index (κ2) is 9.14. The summed E-state index contributed by atoms with van der Waals surface area (Å²) in [4.78, 5) is 28.2. The van der Waals surface area contributed by atoms with Crippen molar-refractivity contribution >= 4 is 40.4 Å². The molecule has 1 amide bonds. The van der Waals surface area contributed by atoms with Crippen LogP contribution < -0.4 is 4.74 Å². The second-order valence-electron chi connectivity index (χ2n) is 7.23. The maximum Gasteiger partial charge on any atom is 0.295 e. The summed E-state index contributed by atoms with van der Waals surface area (Å²) in [6.45, 7) is 0.224. The predicted octanol–water partition coefficient (Wildman–Crippen LogP) is 5.21. The van der Waals surface area contributed by atoms with E-state index in [0.717, 1.165) is 10.4 Å². The highest BCUT2D eigenvalue weighted by atomic mass is 35.5. The molecular formula is C24H19ClFNO4S. The van der Waals surface area contributed by atoms with Gasteiger partial charge in [0.2, 0.25) is 0 Å². The number of hydrogen-bond donors (Lipinski definition) is 1. The number of aliphatic hydroxyl groups is 1. The summed E-state index contributed by atoms with van der Waals surface area (Å²) in [6, 6.07) is 13.6. The number of ketones is 1. The summed E-state index contributed by atoms with van der Waals surface area (Å²) < 4.78 is 18.5. The van der Waals surface area contributed by atoms with E-state index in [-0.39, 0.29) is 29.3 Å². The molecule has 0 bridgehead atoms. The first-order chi connectivity index (χ1) is 15.4. The van der Waals surface area contributed by atoms with Crippen LogP contribution >= 0.6 is 22.9 Å². The highest BCUT2D eigenvalue weighted by Crippen LogP contribution is 2.42. The van der Waals surface area contributed by atoms with Gasteiger partial charge in [-0.15, -0.1) is 11.3 Å². The molecule has 1 aliphatic heterocycles. The molecular weight excluding hydrogens is 453 g/mol. The average molecular weight is 472 g/mol. The molecule has 1 atom stereocenters. The van der Waals surface area contributed by atoms with Crippen LogP contribution in [0.15, 0.2) is 65.6 Å². The number of carbonyl (C=O) groups excluding carboxylic acids is 2. The molecule has 1 aliphatic rings. The fourth-order valence-electron chi connectivity index (χ4n) is 3.76. The van der Waals surface area contributed by atoms with E-state index in [1.807, 2.05) is 17.5 Å². The normalized spacial score (nSPS) is 17.7. The quantitative estimate of drug-likeness (QED) is 0.304. The minimum absolute atomic E-state index is 0.0166. The Labute approximate surface area is 193 Å². The molecule has 3 aromatic rings. The van der Waals surface area contributed by atoms with Gasteiger partial charge in [-0.3, -0.25) is 9.59 Å². The number of nitrogens with zero attached hydrogens (tertiary/aromatic N) is 1. The molecule has 1 N–H and O–H groups in total. The first kappa shape index (κ1) is 22.0. The number of halogens is 2. The van der Waals surface area contributed by atoms with Crippen molar-refractivity contribution in [2.75, 3.05) is 13.7 Å². The molecule has 1 unspecified atom stereocenters. The molecule has 1 fully saturated rings. The minimum Gasteiger partial charge on any atom is -0.507 e. The highest BCUT2D eigenvalue weighted by molar-refractivity contribution is 7.10. The van der Waals surface area contributed by atoms with Crippen molar-refractivity contribution in [1.82, 2.24) is 4.90 Å². The SMILES string of the molecule is COc1ccc(Cl)cc1/C(O)=C1/C(=O)C(=O)N(CCc2ccc(F)cc2)C1c1cccs1. The summed E-state index contributed by atoms with van der Waals surface area (Å²) in [5.41, 5.74) is 1.05.